The fourth-order valence-corrected chi connectivity index (χ4v) is 2.97. The second kappa shape index (κ2) is 7.32. The largest absolute Gasteiger partial charge is 0.497 e. The summed E-state index contributed by atoms with van der Waals surface area (Å²) in [5.74, 6) is 0.952. The van der Waals surface area contributed by atoms with Gasteiger partial charge in [0.05, 0.1) is 32.5 Å². The van der Waals surface area contributed by atoms with Crippen molar-refractivity contribution in [1.29, 1.82) is 0 Å². The SMILES string of the molecule is COc1ccc(OC)c(-c2cn(C3CC(O)C(CO)O3)c(=O)[nH]c2=O)c1. The quantitative estimate of drug-likeness (QED) is 0.675. The minimum absolute atomic E-state index is 0.117. The van der Waals surface area contributed by atoms with Crippen molar-refractivity contribution in [3.05, 3.63) is 45.2 Å². The zero-order valence-corrected chi connectivity index (χ0v) is 14.3. The maximum Gasteiger partial charge on any atom is 0.330 e. The Labute approximate surface area is 148 Å². The Kier molecular flexibility index (Phi) is 5.12. The normalized spacial score (nSPS) is 22.4. The highest BCUT2D eigenvalue weighted by Crippen LogP contribution is 2.33. The van der Waals surface area contributed by atoms with Crippen LogP contribution in [0.3, 0.4) is 0 Å². The van der Waals surface area contributed by atoms with Gasteiger partial charge >= 0.3 is 5.69 Å². The number of ether oxygens (including phenoxy) is 3. The van der Waals surface area contributed by atoms with E-state index in [-0.39, 0.29) is 18.6 Å². The van der Waals surface area contributed by atoms with E-state index in [0.29, 0.717) is 17.1 Å². The minimum atomic E-state index is -0.904. The van der Waals surface area contributed by atoms with Gasteiger partial charge in [0.15, 0.2) is 0 Å². The van der Waals surface area contributed by atoms with Crippen LogP contribution in [-0.2, 0) is 4.74 Å². The summed E-state index contributed by atoms with van der Waals surface area (Å²) in [5.41, 5.74) is -0.628. The number of H-pyrrole nitrogens is 1. The summed E-state index contributed by atoms with van der Waals surface area (Å²) in [5, 5.41) is 19.1. The number of benzene rings is 1. The Morgan fingerprint density at radius 1 is 1.27 bits per heavy atom. The van der Waals surface area contributed by atoms with Gasteiger partial charge in [-0.25, -0.2) is 4.79 Å². The second-order valence-electron chi connectivity index (χ2n) is 5.89. The molecule has 3 rings (SSSR count). The van der Waals surface area contributed by atoms with Crippen molar-refractivity contribution in [3.63, 3.8) is 0 Å². The molecule has 3 N–H and O–H groups in total. The van der Waals surface area contributed by atoms with Crippen LogP contribution >= 0.6 is 0 Å². The Morgan fingerprint density at radius 3 is 2.65 bits per heavy atom. The average Bonchev–Trinajstić information content (AvgIpc) is 3.01. The molecule has 2 aromatic rings. The van der Waals surface area contributed by atoms with E-state index in [2.05, 4.69) is 4.98 Å². The van der Waals surface area contributed by atoms with Gasteiger partial charge in [0.1, 0.15) is 23.8 Å². The van der Waals surface area contributed by atoms with E-state index in [9.17, 15) is 19.8 Å². The first kappa shape index (κ1) is 18.2. The highest BCUT2D eigenvalue weighted by atomic mass is 16.5. The molecule has 0 bridgehead atoms. The van der Waals surface area contributed by atoms with Gasteiger partial charge in [0, 0.05) is 18.2 Å². The molecular formula is C17H20N2O7. The third-order valence-electron chi connectivity index (χ3n) is 4.36. The average molecular weight is 364 g/mol. The standard InChI is InChI=1S/C17H20N2O7/c1-24-9-3-4-13(25-2)10(5-9)11-7-19(17(23)18-16(11)22)15-6-12(21)14(8-20)26-15/h3-5,7,12,14-15,20-21H,6,8H2,1-2H3,(H,18,22,23). The van der Waals surface area contributed by atoms with Gasteiger partial charge in [-0.15, -0.1) is 0 Å². The molecule has 1 aliphatic rings. The first-order valence-electron chi connectivity index (χ1n) is 8.00. The number of hydrogen-bond donors (Lipinski definition) is 3. The van der Waals surface area contributed by atoms with Gasteiger partial charge in [-0.05, 0) is 18.2 Å². The highest BCUT2D eigenvalue weighted by Gasteiger charge is 2.35. The maximum absolute atomic E-state index is 12.4. The van der Waals surface area contributed by atoms with Gasteiger partial charge in [-0.1, -0.05) is 0 Å². The van der Waals surface area contributed by atoms with Crippen LogP contribution in [0.2, 0.25) is 0 Å². The summed E-state index contributed by atoms with van der Waals surface area (Å²) in [6, 6.07) is 4.97. The molecule has 1 aromatic carbocycles. The number of aliphatic hydroxyl groups is 2. The molecule has 0 amide bonds. The van der Waals surface area contributed by atoms with E-state index in [0.717, 1.165) is 0 Å². The van der Waals surface area contributed by atoms with Crippen LogP contribution in [0.1, 0.15) is 12.6 Å². The lowest BCUT2D eigenvalue weighted by molar-refractivity contribution is -0.0458. The van der Waals surface area contributed by atoms with Crippen LogP contribution in [-0.4, -0.2) is 52.8 Å². The lowest BCUT2D eigenvalue weighted by Gasteiger charge is -2.16. The number of nitrogens with one attached hydrogen (secondary N) is 1. The third kappa shape index (κ3) is 3.24. The van der Waals surface area contributed by atoms with E-state index in [1.165, 1.54) is 25.0 Å². The molecule has 140 valence electrons. The zero-order valence-electron chi connectivity index (χ0n) is 14.3. The Hall–Kier alpha value is -2.62. The van der Waals surface area contributed by atoms with Gasteiger partial charge < -0.3 is 24.4 Å². The number of methoxy groups -OCH3 is 2. The van der Waals surface area contributed by atoms with E-state index in [1.807, 2.05) is 0 Å². The van der Waals surface area contributed by atoms with Crippen LogP contribution in [0, 0.1) is 0 Å². The van der Waals surface area contributed by atoms with Crippen LogP contribution in [0.5, 0.6) is 11.5 Å². The van der Waals surface area contributed by atoms with Crippen LogP contribution in [0.15, 0.2) is 34.0 Å². The topological polar surface area (TPSA) is 123 Å². The van der Waals surface area contributed by atoms with Crippen molar-refractivity contribution in [2.75, 3.05) is 20.8 Å². The summed E-state index contributed by atoms with van der Waals surface area (Å²) >= 11 is 0. The maximum atomic E-state index is 12.4. The molecule has 2 heterocycles. The van der Waals surface area contributed by atoms with Crippen molar-refractivity contribution in [2.45, 2.75) is 24.9 Å². The third-order valence-corrected chi connectivity index (χ3v) is 4.36. The number of rotatable bonds is 5. The Morgan fingerprint density at radius 2 is 2.04 bits per heavy atom. The smallest absolute Gasteiger partial charge is 0.330 e. The molecular weight excluding hydrogens is 344 g/mol. The molecule has 1 fully saturated rings. The summed E-state index contributed by atoms with van der Waals surface area (Å²) < 4.78 is 17.2. The van der Waals surface area contributed by atoms with Gasteiger partial charge in [-0.3, -0.25) is 14.3 Å². The highest BCUT2D eigenvalue weighted by molar-refractivity contribution is 5.70. The fraction of sp³-hybridized carbons (Fsp3) is 0.412. The van der Waals surface area contributed by atoms with Crippen molar-refractivity contribution in [3.8, 4) is 22.6 Å². The monoisotopic (exact) mass is 364 g/mol. The first-order chi connectivity index (χ1) is 12.5. The second-order valence-corrected chi connectivity index (χ2v) is 5.89. The lowest BCUT2D eigenvalue weighted by atomic mass is 10.1. The molecule has 3 unspecified atom stereocenters. The fourth-order valence-electron chi connectivity index (χ4n) is 2.97. The van der Waals surface area contributed by atoms with Crippen LogP contribution < -0.4 is 20.7 Å². The number of hydrogen-bond acceptors (Lipinski definition) is 7. The first-order valence-corrected chi connectivity index (χ1v) is 8.00. The number of nitrogens with zero attached hydrogens (tertiary/aromatic N) is 1. The van der Waals surface area contributed by atoms with Crippen LogP contribution in [0.25, 0.3) is 11.1 Å². The summed E-state index contributed by atoms with van der Waals surface area (Å²) in [4.78, 5) is 26.8. The molecule has 9 nitrogen and oxygen atoms in total. The van der Waals surface area contributed by atoms with Crippen molar-refractivity contribution in [2.24, 2.45) is 0 Å². The zero-order chi connectivity index (χ0) is 18.8. The molecule has 0 spiro atoms. The van der Waals surface area contributed by atoms with E-state index >= 15 is 0 Å². The van der Waals surface area contributed by atoms with E-state index < -0.39 is 29.7 Å². The molecule has 1 saturated heterocycles. The van der Waals surface area contributed by atoms with Gasteiger partial charge in [-0.2, -0.15) is 0 Å². The molecule has 9 heteroatoms. The molecule has 0 aliphatic carbocycles. The molecule has 1 aliphatic heterocycles. The van der Waals surface area contributed by atoms with Crippen LogP contribution in [0.4, 0.5) is 0 Å². The Bertz CT molecular complexity index is 905. The lowest BCUT2D eigenvalue weighted by Crippen LogP contribution is -2.33. The minimum Gasteiger partial charge on any atom is -0.497 e. The number of aromatic amines is 1. The number of aromatic nitrogens is 2. The van der Waals surface area contributed by atoms with E-state index in [4.69, 9.17) is 14.2 Å². The van der Waals surface area contributed by atoms with Crippen molar-refractivity contribution in [1.82, 2.24) is 9.55 Å². The predicted molar refractivity (Wildman–Crippen MR) is 91.5 cm³/mol. The Balaban J connectivity index is 2.11. The number of aliphatic hydroxyl groups excluding tert-OH is 2. The van der Waals surface area contributed by atoms with E-state index in [1.54, 1.807) is 18.2 Å². The molecule has 3 atom stereocenters. The molecule has 26 heavy (non-hydrogen) atoms. The van der Waals surface area contributed by atoms with Crippen molar-refractivity contribution >= 4 is 0 Å². The molecule has 1 aromatic heterocycles. The molecule has 0 saturated carbocycles. The van der Waals surface area contributed by atoms with Gasteiger partial charge in [0.2, 0.25) is 0 Å². The van der Waals surface area contributed by atoms with Gasteiger partial charge in [0.25, 0.3) is 5.56 Å². The summed E-state index contributed by atoms with van der Waals surface area (Å²) in [6.45, 7) is -0.369. The summed E-state index contributed by atoms with van der Waals surface area (Å²) in [6.07, 6.45) is -1.02. The predicted octanol–water partition coefficient (Wildman–Crippen LogP) is -0.138. The summed E-state index contributed by atoms with van der Waals surface area (Å²) in [7, 11) is 2.97. The van der Waals surface area contributed by atoms with Crippen molar-refractivity contribution < 1.29 is 24.4 Å². The molecule has 0 radical (unpaired) electrons.